The normalized spacial score (nSPS) is 21.2. The summed E-state index contributed by atoms with van der Waals surface area (Å²) in [7, 11) is 0. The Morgan fingerprint density at radius 3 is 2.65 bits per heavy atom. The lowest BCUT2D eigenvalue weighted by molar-refractivity contribution is -0.135. The Morgan fingerprint density at radius 2 is 2.06 bits per heavy atom. The molecule has 1 saturated heterocycles. The van der Waals surface area contributed by atoms with E-state index >= 15 is 0 Å². The molecule has 0 aromatic rings. The van der Waals surface area contributed by atoms with E-state index in [0.29, 0.717) is 13.0 Å². The monoisotopic (exact) mass is 252 g/mol. The van der Waals surface area contributed by atoms with Crippen LogP contribution in [0.4, 0.5) is 13.2 Å². The molecule has 0 unspecified atom stereocenters. The van der Waals surface area contributed by atoms with Gasteiger partial charge in [-0.3, -0.25) is 4.79 Å². The Hall–Kier alpha value is -0.780. The lowest BCUT2D eigenvalue weighted by atomic mass is 10.0. The first kappa shape index (κ1) is 14.3. The van der Waals surface area contributed by atoms with Gasteiger partial charge in [-0.2, -0.15) is 13.2 Å². The maximum absolute atomic E-state index is 11.8. The lowest BCUT2D eigenvalue weighted by Gasteiger charge is -2.22. The Bertz CT molecular complexity index is 237. The fraction of sp³-hybridized carbons (Fsp3) is 0.909. The van der Waals surface area contributed by atoms with Crippen molar-refractivity contribution in [2.75, 3.05) is 13.1 Å². The van der Waals surface area contributed by atoms with E-state index in [0.717, 1.165) is 25.8 Å². The molecule has 0 saturated carbocycles. The summed E-state index contributed by atoms with van der Waals surface area (Å²) < 4.78 is 35.5. The van der Waals surface area contributed by atoms with E-state index in [9.17, 15) is 18.0 Å². The van der Waals surface area contributed by atoms with Gasteiger partial charge in [0, 0.05) is 13.0 Å². The van der Waals surface area contributed by atoms with Gasteiger partial charge in [-0.1, -0.05) is 6.42 Å². The molecule has 0 aromatic carbocycles. The van der Waals surface area contributed by atoms with Gasteiger partial charge in [-0.15, -0.1) is 0 Å². The Morgan fingerprint density at radius 1 is 1.29 bits per heavy atom. The number of unbranched alkanes of at least 4 members (excludes halogenated alkanes) is 1. The highest BCUT2D eigenvalue weighted by Gasteiger charge is 2.26. The molecule has 3 nitrogen and oxygen atoms in total. The zero-order chi connectivity index (χ0) is 12.7. The van der Waals surface area contributed by atoms with Crippen LogP contribution < -0.4 is 10.6 Å². The van der Waals surface area contributed by atoms with Crippen molar-refractivity contribution >= 4 is 5.91 Å². The molecule has 1 amide bonds. The minimum Gasteiger partial charge on any atom is -0.355 e. The van der Waals surface area contributed by atoms with Gasteiger partial charge in [-0.05, 0) is 32.2 Å². The third-order valence-electron chi connectivity index (χ3n) is 2.81. The SMILES string of the molecule is O=C(NCCCCC(F)(F)F)[C@@H]1CCCCN1. The van der Waals surface area contributed by atoms with Crippen molar-refractivity contribution in [2.24, 2.45) is 0 Å². The van der Waals surface area contributed by atoms with Crippen LogP contribution in [-0.2, 0) is 4.79 Å². The molecule has 1 aliphatic heterocycles. The first-order valence-corrected chi connectivity index (χ1v) is 6.07. The zero-order valence-corrected chi connectivity index (χ0v) is 9.78. The number of carbonyl (C=O) groups excluding carboxylic acids is 1. The molecule has 0 spiro atoms. The van der Waals surface area contributed by atoms with Crippen LogP contribution in [0.1, 0.15) is 38.5 Å². The van der Waals surface area contributed by atoms with E-state index in [2.05, 4.69) is 10.6 Å². The van der Waals surface area contributed by atoms with Crippen molar-refractivity contribution < 1.29 is 18.0 Å². The smallest absolute Gasteiger partial charge is 0.355 e. The van der Waals surface area contributed by atoms with Crippen molar-refractivity contribution in [3.05, 3.63) is 0 Å². The van der Waals surface area contributed by atoms with Crippen LogP contribution in [0.25, 0.3) is 0 Å². The zero-order valence-electron chi connectivity index (χ0n) is 9.78. The molecule has 0 aromatic heterocycles. The molecule has 17 heavy (non-hydrogen) atoms. The molecule has 100 valence electrons. The standard InChI is InChI=1S/C11H19F3N2O/c12-11(13,14)6-2-4-8-16-10(17)9-5-1-3-7-15-9/h9,15H,1-8H2,(H,16,17)/t9-/m0/s1. The molecule has 6 heteroatoms. The van der Waals surface area contributed by atoms with Crippen LogP contribution in [0.3, 0.4) is 0 Å². The summed E-state index contributed by atoms with van der Waals surface area (Å²) in [6.07, 6.45) is -1.50. The molecular formula is C11H19F3N2O. The third kappa shape index (κ3) is 6.51. The van der Waals surface area contributed by atoms with Crippen molar-refractivity contribution in [3.8, 4) is 0 Å². The molecule has 0 bridgehead atoms. The van der Waals surface area contributed by atoms with E-state index in [1.165, 1.54) is 0 Å². The minimum atomic E-state index is -4.09. The summed E-state index contributed by atoms with van der Waals surface area (Å²) >= 11 is 0. The average molecular weight is 252 g/mol. The molecule has 0 aliphatic carbocycles. The molecule has 0 radical (unpaired) electrons. The van der Waals surface area contributed by atoms with Crippen molar-refractivity contribution in [2.45, 2.75) is 50.7 Å². The second kappa shape index (κ2) is 6.83. The number of hydrogen-bond acceptors (Lipinski definition) is 2. The number of rotatable bonds is 5. The highest BCUT2D eigenvalue weighted by Crippen LogP contribution is 2.21. The van der Waals surface area contributed by atoms with Gasteiger partial charge in [0.25, 0.3) is 0 Å². The molecule has 2 N–H and O–H groups in total. The van der Waals surface area contributed by atoms with E-state index in [-0.39, 0.29) is 18.4 Å². The Kier molecular flexibility index (Phi) is 5.74. The van der Waals surface area contributed by atoms with Gasteiger partial charge in [-0.25, -0.2) is 0 Å². The number of nitrogens with one attached hydrogen (secondary N) is 2. The molecule has 1 fully saturated rings. The first-order valence-electron chi connectivity index (χ1n) is 6.07. The summed E-state index contributed by atoms with van der Waals surface area (Å²) in [6, 6.07) is -0.161. The molecule has 1 aliphatic rings. The number of amides is 1. The molecule has 1 rings (SSSR count). The third-order valence-corrected chi connectivity index (χ3v) is 2.81. The predicted molar refractivity (Wildman–Crippen MR) is 58.6 cm³/mol. The maximum atomic E-state index is 11.8. The summed E-state index contributed by atoms with van der Waals surface area (Å²) in [5.74, 6) is -0.0864. The summed E-state index contributed by atoms with van der Waals surface area (Å²) in [5.41, 5.74) is 0. The van der Waals surface area contributed by atoms with E-state index in [1.54, 1.807) is 0 Å². The van der Waals surface area contributed by atoms with Gasteiger partial charge < -0.3 is 10.6 Å². The Balaban J connectivity index is 2.04. The lowest BCUT2D eigenvalue weighted by Crippen LogP contribution is -2.46. The summed E-state index contributed by atoms with van der Waals surface area (Å²) in [5, 5.41) is 5.76. The van der Waals surface area contributed by atoms with Gasteiger partial charge >= 0.3 is 6.18 Å². The number of carbonyl (C=O) groups is 1. The van der Waals surface area contributed by atoms with Crippen LogP contribution in [0.15, 0.2) is 0 Å². The second-order valence-corrected chi connectivity index (χ2v) is 4.37. The van der Waals surface area contributed by atoms with E-state index in [4.69, 9.17) is 0 Å². The fourth-order valence-corrected chi connectivity index (χ4v) is 1.86. The fourth-order valence-electron chi connectivity index (χ4n) is 1.86. The largest absolute Gasteiger partial charge is 0.389 e. The molecular weight excluding hydrogens is 233 g/mol. The van der Waals surface area contributed by atoms with Gasteiger partial charge in [0.1, 0.15) is 0 Å². The van der Waals surface area contributed by atoms with Crippen LogP contribution in [-0.4, -0.2) is 31.2 Å². The highest BCUT2D eigenvalue weighted by molar-refractivity contribution is 5.81. The van der Waals surface area contributed by atoms with Crippen molar-refractivity contribution in [1.82, 2.24) is 10.6 Å². The number of hydrogen-bond donors (Lipinski definition) is 2. The van der Waals surface area contributed by atoms with Gasteiger partial charge in [0.2, 0.25) is 5.91 Å². The Labute approximate surface area is 99.1 Å². The highest BCUT2D eigenvalue weighted by atomic mass is 19.4. The molecule has 1 atom stereocenters. The quantitative estimate of drug-likeness (QED) is 0.735. The van der Waals surface area contributed by atoms with Gasteiger partial charge in [0.15, 0.2) is 0 Å². The van der Waals surface area contributed by atoms with Crippen LogP contribution >= 0.6 is 0 Å². The van der Waals surface area contributed by atoms with Crippen LogP contribution in [0.2, 0.25) is 0 Å². The topological polar surface area (TPSA) is 41.1 Å². The average Bonchev–Trinajstić information content (AvgIpc) is 2.28. The van der Waals surface area contributed by atoms with Crippen molar-refractivity contribution in [3.63, 3.8) is 0 Å². The van der Waals surface area contributed by atoms with Crippen LogP contribution in [0, 0.1) is 0 Å². The van der Waals surface area contributed by atoms with Crippen LogP contribution in [0.5, 0.6) is 0 Å². The number of halogens is 3. The minimum absolute atomic E-state index is 0.0713. The maximum Gasteiger partial charge on any atom is 0.389 e. The summed E-state index contributed by atoms with van der Waals surface area (Å²) in [4.78, 5) is 11.6. The van der Waals surface area contributed by atoms with E-state index in [1.807, 2.05) is 0 Å². The number of alkyl halides is 3. The number of piperidine rings is 1. The predicted octanol–water partition coefficient (Wildman–Crippen LogP) is 1.98. The van der Waals surface area contributed by atoms with E-state index < -0.39 is 12.6 Å². The summed E-state index contributed by atoms with van der Waals surface area (Å²) in [6.45, 7) is 1.17. The van der Waals surface area contributed by atoms with Crippen molar-refractivity contribution in [1.29, 1.82) is 0 Å². The second-order valence-electron chi connectivity index (χ2n) is 4.37. The first-order chi connectivity index (χ1) is 7.99. The van der Waals surface area contributed by atoms with Gasteiger partial charge in [0.05, 0.1) is 6.04 Å². The molecule has 1 heterocycles.